The number of nitrogens with zero attached hydrogens (tertiary/aromatic N) is 2. The van der Waals surface area contributed by atoms with Crippen LogP contribution in [0.5, 0.6) is 5.75 Å². The highest BCUT2D eigenvalue weighted by Gasteiger charge is 2.41. The van der Waals surface area contributed by atoms with Gasteiger partial charge in [-0.2, -0.15) is 0 Å². The Morgan fingerprint density at radius 2 is 1.58 bits per heavy atom. The maximum Gasteiger partial charge on any atom is 0.410 e. The normalized spacial score (nSPS) is 16.1. The van der Waals surface area contributed by atoms with Crippen LogP contribution >= 0.6 is 0 Å². The second kappa shape index (κ2) is 12.7. The van der Waals surface area contributed by atoms with Gasteiger partial charge >= 0.3 is 6.09 Å². The lowest BCUT2D eigenvalue weighted by molar-refractivity contribution is -0.0305. The second-order valence-electron chi connectivity index (χ2n) is 12.9. The molecule has 0 aliphatic carbocycles. The summed E-state index contributed by atoms with van der Waals surface area (Å²) in [5, 5.41) is 0. The summed E-state index contributed by atoms with van der Waals surface area (Å²) in [7, 11) is -3.33. The molecule has 0 saturated carbocycles. The first-order chi connectivity index (χ1) is 21.6. The van der Waals surface area contributed by atoms with Gasteiger partial charge in [-0.1, -0.05) is 66.7 Å². The van der Waals surface area contributed by atoms with Gasteiger partial charge in [0.2, 0.25) is 0 Å². The Kier molecular flexibility index (Phi) is 8.69. The molecule has 2 aliphatic heterocycles. The predicted molar refractivity (Wildman–Crippen MR) is 176 cm³/mol. The average molecular weight is 625 g/mol. The number of fused-ring (bicyclic) bond motifs is 1. The number of carbonyl (C=O) groups excluding carboxylic acids is 1. The van der Waals surface area contributed by atoms with Gasteiger partial charge in [-0.3, -0.25) is 4.98 Å². The zero-order valence-electron chi connectivity index (χ0n) is 25.9. The first kappa shape index (κ1) is 30.8. The van der Waals surface area contributed by atoms with Gasteiger partial charge in [-0.15, -0.1) is 0 Å². The maximum atomic E-state index is 13.0. The van der Waals surface area contributed by atoms with Crippen LogP contribution < -0.4 is 4.74 Å². The van der Waals surface area contributed by atoms with Gasteiger partial charge in [0.1, 0.15) is 17.0 Å². The summed E-state index contributed by atoms with van der Waals surface area (Å²) < 4.78 is 38.0. The van der Waals surface area contributed by atoms with E-state index in [4.69, 9.17) is 9.47 Å². The summed E-state index contributed by atoms with van der Waals surface area (Å²) in [5.74, 6) is 0.809. The van der Waals surface area contributed by atoms with E-state index in [0.717, 1.165) is 53.7 Å². The Labute approximate surface area is 266 Å². The van der Waals surface area contributed by atoms with Crippen molar-refractivity contribution >= 4 is 15.9 Å². The molecule has 45 heavy (non-hydrogen) atoms. The number of hydrogen-bond acceptors (Lipinski definition) is 6. The number of rotatable bonds is 8. The zero-order valence-corrected chi connectivity index (χ0v) is 26.8. The standard InChI is InChI=1S/C37H40N2O5S/c1-36(2,25-28-8-4-3-5-9-28)44-35(40)39-22-19-37(20-23-39)18-17-32-24-31(15-16-34(32)43-37)30-13-11-29(12-14-30)26-45(41,42)27-33-10-6-7-21-38-33/h3-16,21,24H,17-20,22-23,25-27H2,1-2H3. The highest BCUT2D eigenvalue weighted by atomic mass is 32.2. The molecular formula is C37H40N2O5S. The van der Waals surface area contributed by atoms with Crippen molar-refractivity contribution in [3.05, 3.63) is 120 Å². The van der Waals surface area contributed by atoms with E-state index in [-0.39, 0.29) is 23.2 Å². The summed E-state index contributed by atoms with van der Waals surface area (Å²) in [6, 6.07) is 29.4. The van der Waals surface area contributed by atoms with Crippen molar-refractivity contribution in [2.24, 2.45) is 0 Å². The van der Waals surface area contributed by atoms with Crippen molar-refractivity contribution < 1.29 is 22.7 Å². The number of ether oxygens (including phenoxy) is 2. The van der Waals surface area contributed by atoms with Crippen LogP contribution in [0.15, 0.2) is 97.2 Å². The van der Waals surface area contributed by atoms with Crippen LogP contribution in [0, 0.1) is 0 Å². The van der Waals surface area contributed by atoms with E-state index in [1.807, 2.05) is 67.3 Å². The Bertz CT molecular complexity index is 1730. The number of piperidine rings is 1. The Morgan fingerprint density at radius 3 is 2.29 bits per heavy atom. The lowest BCUT2D eigenvalue weighted by atomic mass is 9.82. The number of aromatic nitrogens is 1. The van der Waals surface area contributed by atoms with E-state index >= 15 is 0 Å². The Hall–Kier alpha value is -4.17. The molecule has 4 aromatic rings. The van der Waals surface area contributed by atoms with Gasteiger partial charge < -0.3 is 14.4 Å². The SMILES string of the molecule is CC(C)(Cc1ccccc1)OC(=O)N1CCC2(CCc3cc(-c4ccc(CS(=O)(=O)Cc5ccccn5)cc4)ccc3O2)CC1. The van der Waals surface area contributed by atoms with E-state index < -0.39 is 15.4 Å². The van der Waals surface area contributed by atoms with Crippen LogP contribution in [0.25, 0.3) is 11.1 Å². The van der Waals surface area contributed by atoms with E-state index in [9.17, 15) is 13.2 Å². The molecule has 0 atom stereocenters. The maximum absolute atomic E-state index is 13.0. The number of carbonyl (C=O) groups is 1. The van der Waals surface area contributed by atoms with Crippen molar-refractivity contribution in [2.75, 3.05) is 13.1 Å². The molecule has 2 aliphatic rings. The molecule has 0 unspecified atom stereocenters. The molecule has 8 heteroatoms. The molecule has 1 spiro atoms. The molecule has 0 bridgehead atoms. The molecule has 1 fully saturated rings. The molecule has 0 radical (unpaired) electrons. The van der Waals surface area contributed by atoms with Crippen molar-refractivity contribution in [2.45, 2.75) is 68.7 Å². The van der Waals surface area contributed by atoms with Gasteiger partial charge in [0.25, 0.3) is 0 Å². The summed E-state index contributed by atoms with van der Waals surface area (Å²) >= 11 is 0. The second-order valence-corrected chi connectivity index (χ2v) is 15.0. The Balaban J connectivity index is 1.03. The quantitative estimate of drug-likeness (QED) is 0.206. The summed E-state index contributed by atoms with van der Waals surface area (Å²) in [4.78, 5) is 19.0. The van der Waals surface area contributed by atoms with Crippen molar-refractivity contribution in [1.29, 1.82) is 0 Å². The molecule has 3 aromatic carbocycles. The molecule has 3 heterocycles. The first-order valence-electron chi connectivity index (χ1n) is 15.6. The van der Waals surface area contributed by atoms with Crippen LogP contribution in [0.3, 0.4) is 0 Å². The molecule has 6 rings (SSSR count). The third-order valence-corrected chi connectivity index (χ3v) is 10.3. The van der Waals surface area contributed by atoms with Crippen LogP contribution in [0.2, 0.25) is 0 Å². The third kappa shape index (κ3) is 7.74. The average Bonchev–Trinajstić information content (AvgIpc) is 3.01. The topological polar surface area (TPSA) is 85.8 Å². The van der Waals surface area contributed by atoms with Gasteiger partial charge in [-0.05, 0) is 78.8 Å². The van der Waals surface area contributed by atoms with Crippen LogP contribution in [-0.2, 0) is 38.9 Å². The smallest absolute Gasteiger partial charge is 0.410 e. The van der Waals surface area contributed by atoms with Gasteiger partial charge in [0, 0.05) is 38.5 Å². The van der Waals surface area contributed by atoms with E-state index in [1.54, 1.807) is 24.4 Å². The summed E-state index contributed by atoms with van der Waals surface area (Å²) in [5.41, 5.74) is 4.87. The van der Waals surface area contributed by atoms with E-state index in [1.165, 1.54) is 5.56 Å². The molecule has 1 aromatic heterocycles. The monoisotopic (exact) mass is 624 g/mol. The minimum absolute atomic E-state index is 0.0233. The number of aryl methyl sites for hydroxylation is 1. The number of sulfone groups is 1. The fraction of sp³-hybridized carbons (Fsp3) is 0.351. The fourth-order valence-electron chi connectivity index (χ4n) is 6.38. The zero-order chi connectivity index (χ0) is 31.5. The molecule has 7 nitrogen and oxygen atoms in total. The molecule has 234 valence electrons. The summed E-state index contributed by atoms with van der Waals surface area (Å²) in [6.07, 6.45) is 5.36. The highest BCUT2D eigenvalue weighted by Crippen LogP contribution is 2.41. The molecule has 1 amide bonds. The number of amides is 1. The van der Waals surface area contributed by atoms with Gasteiger partial charge in [-0.25, -0.2) is 13.2 Å². The summed E-state index contributed by atoms with van der Waals surface area (Å²) in [6.45, 7) is 5.14. The third-order valence-electron chi connectivity index (χ3n) is 8.77. The van der Waals surface area contributed by atoms with Crippen molar-refractivity contribution in [1.82, 2.24) is 9.88 Å². The number of likely N-dealkylation sites (tertiary alicyclic amines) is 1. The predicted octanol–water partition coefficient (Wildman–Crippen LogP) is 7.18. The van der Waals surface area contributed by atoms with Crippen LogP contribution in [0.4, 0.5) is 4.79 Å². The van der Waals surface area contributed by atoms with Crippen molar-refractivity contribution in [3.63, 3.8) is 0 Å². The van der Waals surface area contributed by atoms with Gasteiger partial charge in [0.05, 0.1) is 17.2 Å². The number of pyridine rings is 1. The molecule has 1 saturated heterocycles. The molecule has 0 N–H and O–H groups in total. The minimum atomic E-state index is -3.33. The first-order valence-corrected chi connectivity index (χ1v) is 17.4. The lowest BCUT2D eigenvalue weighted by Crippen LogP contribution is -2.52. The van der Waals surface area contributed by atoms with E-state index in [2.05, 4.69) is 29.2 Å². The minimum Gasteiger partial charge on any atom is -0.487 e. The largest absolute Gasteiger partial charge is 0.487 e. The number of benzene rings is 3. The van der Waals surface area contributed by atoms with E-state index in [0.29, 0.717) is 25.2 Å². The fourth-order valence-corrected chi connectivity index (χ4v) is 7.80. The lowest BCUT2D eigenvalue weighted by Gasteiger charge is -2.44. The van der Waals surface area contributed by atoms with Crippen molar-refractivity contribution in [3.8, 4) is 16.9 Å². The highest BCUT2D eigenvalue weighted by molar-refractivity contribution is 7.89. The van der Waals surface area contributed by atoms with Crippen LogP contribution in [-0.4, -0.2) is 48.7 Å². The molecular weight excluding hydrogens is 584 g/mol. The number of hydrogen-bond donors (Lipinski definition) is 0. The van der Waals surface area contributed by atoms with Gasteiger partial charge in [0.15, 0.2) is 9.84 Å². The van der Waals surface area contributed by atoms with Crippen LogP contribution in [0.1, 0.15) is 55.5 Å². The Morgan fingerprint density at radius 1 is 0.867 bits per heavy atom.